The molecule has 0 heterocycles. The molecule has 3 nitrogen and oxygen atoms in total. The SMILES string of the molecule is COc1ccc(Cl)cc1NC(C)C#N. The summed E-state index contributed by atoms with van der Waals surface area (Å²) in [4.78, 5) is 0. The number of nitriles is 1. The Kier molecular flexibility index (Phi) is 3.61. The monoisotopic (exact) mass is 210 g/mol. The van der Waals surface area contributed by atoms with Crippen molar-refractivity contribution < 1.29 is 4.74 Å². The summed E-state index contributed by atoms with van der Waals surface area (Å²) in [5, 5.41) is 12.2. The van der Waals surface area contributed by atoms with Crippen molar-refractivity contribution in [3.8, 4) is 11.8 Å². The van der Waals surface area contributed by atoms with Crippen molar-refractivity contribution in [3.63, 3.8) is 0 Å². The summed E-state index contributed by atoms with van der Waals surface area (Å²) in [6.07, 6.45) is 0. The molecule has 0 fully saturated rings. The molecule has 0 amide bonds. The van der Waals surface area contributed by atoms with Crippen LogP contribution in [0.1, 0.15) is 6.92 Å². The first-order chi connectivity index (χ1) is 6.67. The lowest BCUT2D eigenvalue weighted by Crippen LogP contribution is -2.12. The Bertz CT molecular complexity index is 360. The standard InChI is InChI=1S/C10H11ClN2O/c1-7(6-12)13-9-5-8(11)3-4-10(9)14-2/h3-5,7,13H,1-2H3. The van der Waals surface area contributed by atoms with Crippen molar-refractivity contribution in [2.24, 2.45) is 0 Å². The maximum Gasteiger partial charge on any atom is 0.142 e. The second kappa shape index (κ2) is 4.73. The van der Waals surface area contributed by atoms with Gasteiger partial charge in [-0.05, 0) is 25.1 Å². The van der Waals surface area contributed by atoms with Crippen molar-refractivity contribution in [1.82, 2.24) is 0 Å². The fourth-order valence-electron chi connectivity index (χ4n) is 1.06. The largest absolute Gasteiger partial charge is 0.495 e. The number of anilines is 1. The number of ether oxygens (including phenoxy) is 1. The van der Waals surface area contributed by atoms with Gasteiger partial charge in [0.1, 0.15) is 11.8 Å². The highest BCUT2D eigenvalue weighted by molar-refractivity contribution is 6.30. The molecule has 74 valence electrons. The lowest BCUT2D eigenvalue weighted by Gasteiger charge is -2.12. The first kappa shape index (κ1) is 10.7. The first-order valence-corrected chi connectivity index (χ1v) is 4.55. The van der Waals surface area contributed by atoms with Gasteiger partial charge in [0.2, 0.25) is 0 Å². The quantitative estimate of drug-likeness (QED) is 0.834. The van der Waals surface area contributed by atoms with E-state index in [9.17, 15) is 0 Å². The molecule has 1 atom stereocenters. The molecule has 0 bridgehead atoms. The minimum Gasteiger partial charge on any atom is -0.495 e. The van der Waals surface area contributed by atoms with Crippen LogP contribution in [0.2, 0.25) is 5.02 Å². The van der Waals surface area contributed by atoms with E-state index in [0.717, 1.165) is 5.69 Å². The first-order valence-electron chi connectivity index (χ1n) is 4.17. The van der Waals surface area contributed by atoms with Crippen LogP contribution >= 0.6 is 11.6 Å². The molecule has 0 aliphatic rings. The van der Waals surface area contributed by atoms with E-state index in [0.29, 0.717) is 10.8 Å². The molecule has 0 aliphatic carbocycles. The van der Waals surface area contributed by atoms with Gasteiger partial charge in [-0.25, -0.2) is 0 Å². The minimum atomic E-state index is -0.276. The highest BCUT2D eigenvalue weighted by Crippen LogP contribution is 2.27. The number of rotatable bonds is 3. The van der Waals surface area contributed by atoms with Gasteiger partial charge in [0.05, 0.1) is 18.9 Å². The Balaban J connectivity index is 2.94. The zero-order chi connectivity index (χ0) is 10.6. The highest BCUT2D eigenvalue weighted by atomic mass is 35.5. The van der Waals surface area contributed by atoms with Gasteiger partial charge in [-0.2, -0.15) is 5.26 Å². The summed E-state index contributed by atoms with van der Waals surface area (Å²) in [6.45, 7) is 1.76. The second-order valence-electron chi connectivity index (χ2n) is 2.84. The molecule has 0 aromatic heterocycles. The molecule has 14 heavy (non-hydrogen) atoms. The average Bonchev–Trinajstić information content (AvgIpc) is 2.18. The van der Waals surface area contributed by atoms with E-state index in [2.05, 4.69) is 11.4 Å². The molecule has 0 spiro atoms. The fourth-order valence-corrected chi connectivity index (χ4v) is 1.23. The smallest absolute Gasteiger partial charge is 0.142 e. The molecule has 1 N–H and O–H groups in total. The van der Waals surface area contributed by atoms with Crippen molar-refractivity contribution >= 4 is 17.3 Å². The highest BCUT2D eigenvalue weighted by Gasteiger charge is 2.06. The molecule has 0 radical (unpaired) electrons. The van der Waals surface area contributed by atoms with Crippen molar-refractivity contribution in [1.29, 1.82) is 5.26 Å². The summed E-state index contributed by atoms with van der Waals surface area (Å²) in [5.74, 6) is 0.677. The number of nitrogens with one attached hydrogen (secondary N) is 1. The number of benzene rings is 1. The third-order valence-electron chi connectivity index (χ3n) is 1.73. The fraction of sp³-hybridized carbons (Fsp3) is 0.300. The van der Waals surface area contributed by atoms with Crippen LogP contribution in [0, 0.1) is 11.3 Å². The van der Waals surface area contributed by atoms with Gasteiger partial charge in [-0.15, -0.1) is 0 Å². The Morgan fingerprint density at radius 3 is 2.86 bits per heavy atom. The van der Waals surface area contributed by atoms with E-state index in [-0.39, 0.29) is 6.04 Å². The summed E-state index contributed by atoms with van der Waals surface area (Å²) >= 11 is 5.82. The van der Waals surface area contributed by atoms with Gasteiger partial charge in [0.15, 0.2) is 0 Å². The maximum atomic E-state index is 8.64. The van der Waals surface area contributed by atoms with Crippen LogP contribution in [-0.4, -0.2) is 13.2 Å². The Labute approximate surface area is 88.3 Å². The molecule has 4 heteroatoms. The van der Waals surface area contributed by atoms with Crippen LogP contribution in [0.3, 0.4) is 0 Å². The van der Waals surface area contributed by atoms with E-state index in [1.807, 2.05) is 0 Å². The van der Waals surface area contributed by atoms with E-state index in [4.69, 9.17) is 21.6 Å². The van der Waals surface area contributed by atoms with E-state index < -0.39 is 0 Å². The van der Waals surface area contributed by atoms with Gasteiger partial charge in [0.25, 0.3) is 0 Å². The van der Waals surface area contributed by atoms with Crippen LogP contribution in [0.15, 0.2) is 18.2 Å². The predicted molar refractivity (Wildman–Crippen MR) is 56.7 cm³/mol. The average molecular weight is 211 g/mol. The van der Waals surface area contributed by atoms with E-state index >= 15 is 0 Å². The Hall–Kier alpha value is -1.40. The van der Waals surface area contributed by atoms with Gasteiger partial charge in [-0.3, -0.25) is 0 Å². The van der Waals surface area contributed by atoms with Gasteiger partial charge in [-0.1, -0.05) is 11.6 Å². The number of nitrogens with zero attached hydrogens (tertiary/aromatic N) is 1. The molecular weight excluding hydrogens is 200 g/mol. The van der Waals surface area contributed by atoms with Crippen LogP contribution in [0.5, 0.6) is 5.75 Å². The van der Waals surface area contributed by atoms with Crippen LogP contribution in [0.25, 0.3) is 0 Å². The number of hydrogen-bond donors (Lipinski definition) is 1. The number of methoxy groups -OCH3 is 1. The topological polar surface area (TPSA) is 45.0 Å². The summed E-state index contributed by atoms with van der Waals surface area (Å²) in [5.41, 5.74) is 0.731. The summed E-state index contributed by atoms with van der Waals surface area (Å²) in [7, 11) is 1.57. The second-order valence-corrected chi connectivity index (χ2v) is 3.28. The van der Waals surface area contributed by atoms with Crippen LogP contribution in [-0.2, 0) is 0 Å². The number of halogens is 1. The molecular formula is C10H11ClN2O. The third kappa shape index (κ3) is 2.54. The van der Waals surface area contributed by atoms with Crippen LogP contribution < -0.4 is 10.1 Å². The zero-order valence-electron chi connectivity index (χ0n) is 8.04. The molecule has 1 unspecified atom stereocenters. The lowest BCUT2D eigenvalue weighted by molar-refractivity contribution is 0.416. The summed E-state index contributed by atoms with van der Waals surface area (Å²) in [6, 6.07) is 7.03. The third-order valence-corrected chi connectivity index (χ3v) is 1.96. The van der Waals surface area contributed by atoms with E-state index in [1.165, 1.54) is 0 Å². The van der Waals surface area contributed by atoms with E-state index in [1.54, 1.807) is 32.2 Å². The molecule has 1 aromatic carbocycles. The maximum absolute atomic E-state index is 8.64. The molecule has 1 rings (SSSR count). The van der Waals surface area contributed by atoms with Crippen LogP contribution in [0.4, 0.5) is 5.69 Å². The van der Waals surface area contributed by atoms with Crippen molar-refractivity contribution in [2.45, 2.75) is 13.0 Å². The molecule has 0 saturated carbocycles. The Morgan fingerprint density at radius 2 is 2.29 bits per heavy atom. The summed E-state index contributed by atoms with van der Waals surface area (Å²) < 4.78 is 5.12. The minimum absolute atomic E-state index is 0.276. The normalized spacial score (nSPS) is 11.6. The molecule has 1 aromatic rings. The molecule has 0 saturated heterocycles. The predicted octanol–water partition coefficient (Wildman–Crippen LogP) is 2.67. The van der Waals surface area contributed by atoms with Gasteiger partial charge >= 0.3 is 0 Å². The molecule has 0 aliphatic heterocycles. The van der Waals surface area contributed by atoms with Gasteiger partial charge < -0.3 is 10.1 Å². The van der Waals surface area contributed by atoms with Crippen molar-refractivity contribution in [2.75, 3.05) is 12.4 Å². The zero-order valence-corrected chi connectivity index (χ0v) is 8.80. The lowest BCUT2D eigenvalue weighted by atomic mass is 10.2. The number of hydrogen-bond acceptors (Lipinski definition) is 3. The Morgan fingerprint density at radius 1 is 1.57 bits per heavy atom. The van der Waals surface area contributed by atoms with Gasteiger partial charge in [0, 0.05) is 5.02 Å². The van der Waals surface area contributed by atoms with Crippen molar-refractivity contribution in [3.05, 3.63) is 23.2 Å².